The van der Waals surface area contributed by atoms with Gasteiger partial charge in [-0.2, -0.15) is 5.10 Å². The van der Waals surface area contributed by atoms with Crippen LogP contribution in [0.2, 0.25) is 0 Å². The number of benzene rings is 1. The molecule has 0 bridgehead atoms. The van der Waals surface area contributed by atoms with E-state index >= 15 is 0 Å². The van der Waals surface area contributed by atoms with Gasteiger partial charge in [0.2, 0.25) is 0 Å². The highest BCUT2D eigenvalue weighted by Gasteiger charge is 2.13. The Morgan fingerprint density at radius 3 is 2.78 bits per heavy atom. The van der Waals surface area contributed by atoms with Gasteiger partial charge in [-0.3, -0.25) is 5.10 Å². The Balaban J connectivity index is 2.01. The average Bonchev–Trinajstić information content (AvgIpc) is 2.93. The van der Waals surface area contributed by atoms with Gasteiger partial charge in [0.15, 0.2) is 5.82 Å². The number of H-pyrrole nitrogens is 1. The lowest BCUT2D eigenvalue weighted by Gasteiger charge is -2.18. The van der Waals surface area contributed by atoms with Crippen LogP contribution in [-0.2, 0) is 0 Å². The lowest BCUT2D eigenvalue weighted by atomic mass is 10.0. The van der Waals surface area contributed by atoms with Crippen LogP contribution in [0.1, 0.15) is 26.1 Å². The number of amides is 2. The molecule has 2 rings (SSSR count). The Bertz CT molecular complexity index is 653. The lowest BCUT2D eigenvalue weighted by Crippen LogP contribution is -2.40. The summed E-state index contributed by atoms with van der Waals surface area (Å²) in [5.41, 5.74) is 1.46. The third-order valence-corrected chi connectivity index (χ3v) is 3.29. The summed E-state index contributed by atoms with van der Waals surface area (Å²) < 4.78 is 0. The fourth-order valence-corrected chi connectivity index (χ4v) is 2.31. The third kappa shape index (κ3) is 5.07. The maximum atomic E-state index is 12.0. The molecular formula is C16H23N5O2. The number of carbonyl (C=O) groups is 1. The van der Waals surface area contributed by atoms with E-state index in [1.807, 2.05) is 32.9 Å². The molecular weight excluding hydrogens is 294 g/mol. The molecule has 0 saturated heterocycles. The second kappa shape index (κ2) is 7.73. The first-order chi connectivity index (χ1) is 11.0. The van der Waals surface area contributed by atoms with Crippen molar-refractivity contribution in [2.24, 2.45) is 5.92 Å². The number of carbonyl (C=O) groups excluding carboxylic acids is 1. The zero-order valence-electron chi connectivity index (χ0n) is 13.6. The summed E-state index contributed by atoms with van der Waals surface area (Å²) in [6.07, 6.45) is 0.723. The molecule has 0 aliphatic carbocycles. The fourth-order valence-electron chi connectivity index (χ4n) is 2.31. The van der Waals surface area contributed by atoms with Gasteiger partial charge >= 0.3 is 6.03 Å². The van der Waals surface area contributed by atoms with E-state index in [4.69, 9.17) is 0 Å². The number of nitrogens with one attached hydrogen (secondary N) is 3. The molecule has 124 valence electrons. The molecule has 1 heterocycles. The highest BCUT2D eigenvalue weighted by Crippen LogP contribution is 2.19. The highest BCUT2D eigenvalue weighted by molar-refractivity contribution is 5.90. The summed E-state index contributed by atoms with van der Waals surface area (Å²) in [4.78, 5) is 16.3. The number of aromatic amines is 1. The lowest BCUT2D eigenvalue weighted by molar-refractivity contribution is 0.214. The number of aliphatic hydroxyl groups is 1. The second-order valence-corrected chi connectivity index (χ2v) is 5.93. The number of hydrogen-bond acceptors (Lipinski definition) is 4. The van der Waals surface area contributed by atoms with Crippen molar-refractivity contribution in [3.8, 4) is 11.4 Å². The van der Waals surface area contributed by atoms with Crippen LogP contribution in [0.25, 0.3) is 11.4 Å². The van der Waals surface area contributed by atoms with E-state index in [1.54, 1.807) is 12.1 Å². The molecule has 0 saturated carbocycles. The van der Waals surface area contributed by atoms with Gasteiger partial charge in [-0.25, -0.2) is 9.78 Å². The van der Waals surface area contributed by atoms with Gasteiger partial charge in [-0.15, -0.1) is 0 Å². The molecule has 0 fully saturated rings. The predicted octanol–water partition coefficient (Wildman–Crippen LogP) is 2.31. The summed E-state index contributed by atoms with van der Waals surface area (Å²) in [7, 11) is 0. The maximum Gasteiger partial charge on any atom is 0.319 e. The molecule has 0 spiro atoms. The van der Waals surface area contributed by atoms with Gasteiger partial charge in [-0.05, 0) is 31.4 Å². The van der Waals surface area contributed by atoms with Crippen molar-refractivity contribution in [3.05, 3.63) is 30.1 Å². The molecule has 7 nitrogen and oxygen atoms in total. The van der Waals surface area contributed by atoms with Crippen molar-refractivity contribution in [2.45, 2.75) is 33.2 Å². The van der Waals surface area contributed by atoms with Crippen molar-refractivity contribution < 1.29 is 9.90 Å². The molecule has 0 aliphatic heterocycles. The average molecular weight is 317 g/mol. The zero-order chi connectivity index (χ0) is 16.8. The Labute approximate surface area is 135 Å². The Kier molecular flexibility index (Phi) is 5.70. The van der Waals surface area contributed by atoms with E-state index in [0.717, 1.165) is 17.8 Å². The Hall–Kier alpha value is -2.41. The van der Waals surface area contributed by atoms with E-state index in [1.165, 1.54) is 0 Å². The summed E-state index contributed by atoms with van der Waals surface area (Å²) in [6, 6.07) is 6.70. The zero-order valence-corrected chi connectivity index (χ0v) is 13.6. The molecule has 2 aromatic rings. The van der Waals surface area contributed by atoms with Crippen LogP contribution in [0.15, 0.2) is 24.3 Å². The highest BCUT2D eigenvalue weighted by atomic mass is 16.3. The molecule has 23 heavy (non-hydrogen) atoms. The van der Waals surface area contributed by atoms with Crippen molar-refractivity contribution in [1.82, 2.24) is 20.5 Å². The van der Waals surface area contributed by atoms with Crippen LogP contribution in [0.4, 0.5) is 10.5 Å². The van der Waals surface area contributed by atoms with Crippen LogP contribution >= 0.6 is 0 Å². The summed E-state index contributed by atoms with van der Waals surface area (Å²) in [5, 5.41) is 21.8. The van der Waals surface area contributed by atoms with Gasteiger partial charge in [-0.1, -0.05) is 26.0 Å². The van der Waals surface area contributed by atoms with Gasteiger partial charge in [0.05, 0.1) is 12.6 Å². The summed E-state index contributed by atoms with van der Waals surface area (Å²) in [6.45, 7) is 5.84. The Morgan fingerprint density at radius 2 is 2.17 bits per heavy atom. The first kappa shape index (κ1) is 17.0. The fraction of sp³-hybridized carbons (Fsp3) is 0.438. The first-order valence-corrected chi connectivity index (χ1v) is 7.65. The Morgan fingerprint density at radius 1 is 1.39 bits per heavy atom. The number of nitrogens with zero attached hydrogens (tertiary/aromatic N) is 2. The molecule has 7 heteroatoms. The van der Waals surface area contributed by atoms with Crippen LogP contribution in [0.3, 0.4) is 0 Å². The van der Waals surface area contributed by atoms with Gasteiger partial charge in [0.25, 0.3) is 0 Å². The normalized spacial score (nSPS) is 12.2. The van der Waals surface area contributed by atoms with Gasteiger partial charge in [0.1, 0.15) is 5.82 Å². The van der Waals surface area contributed by atoms with Gasteiger partial charge < -0.3 is 15.7 Å². The van der Waals surface area contributed by atoms with Crippen molar-refractivity contribution in [1.29, 1.82) is 0 Å². The van der Waals surface area contributed by atoms with Gasteiger partial charge in [0, 0.05) is 11.3 Å². The quantitative estimate of drug-likeness (QED) is 0.656. The van der Waals surface area contributed by atoms with Crippen LogP contribution in [0, 0.1) is 12.8 Å². The molecule has 1 atom stereocenters. The number of rotatable bonds is 6. The first-order valence-electron chi connectivity index (χ1n) is 7.65. The van der Waals surface area contributed by atoms with Crippen molar-refractivity contribution >= 4 is 11.7 Å². The monoisotopic (exact) mass is 317 g/mol. The number of aryl methyl sites for hydroxylation is 1. The van der Waals surface area contributed by atoms with Crippen LogP contribution in [-0.4, -0.2) is 39.0 Å². The maximum absolute atomic E-state index is 12.0. The van der Waals surface area contributed by atoms with Crippen LogP contribution < -0.4 is 10.6 Å². The van der Waals surface area contributed by atoms with E-state index in [2.05, 4.69) is 25.8 Å². The molecule has 0 radical (unpaired) electrons. The topological polar surface area (TPSA) is 103 Å². The van der Waals surface area contributed by atoms with Crippen molar-refractivity contribution in [3.63, 3.8) is 0 Å². The van der Waals surface area contributed by atoms with E-state index in [-0.39, 0.29) is 18.7 Å². The third-order valence-electron chi connectivity index (χ3n) is 3.29. The largest absolute Gasteiger partial charge is 0.394 e. The van der Waals surface area contributed by atoms with E-state index < -0.39 is 0 Å². The summed E-state index contributed by atoms with van der Waals surface area (Å²) >= 11 is 0. The second-order valence-electron chi connectivity index (χ2n) is 5.93. The summed E-state index contributed by atoms with van der Waals surface area (Å²) in [5.74, 6) is 1.71. The van der Waals surface area contributed by atoms with E-state index in [0.29, 0.717) is 17.4 Å². The number of hydrogen-bond donors (Lipinski definition) is 4. The molecule has 1 unspecified atom stereocenters. The molecule has 4 N–H and O–H groups in total. The van der Waals surface area contributed by atoms with Crippen LogP contribution in [0.5, 0.6) is 0 Å². The molecule has 0 aliphatic rings. The van der Waals surface area contributed by atoms with Crippen molar-refractivity contribution in [2.75, 3.05) is 11.9 Å². The molecule has 2 amide bonds. The number of urea groups is 1. The number of anilines is 1. The predicted molar refractivity (Wildman–Crippen MR) is 89.0 cm³/mol. The minimum atomic E-state index is -0.340. The minimum absolute atomic E-state index is 0.0812. The molecule has 1 aromatic heterocycles. The standard InChI is InChI=1S/C16H23N5O2/c1-10(2)7-14(9-22)19-16(23)18-13-6-4-5-12(8-13)15-17-11(3)20-21-15/h4-6,8,10,14,22H,7,9H2,1-3H3,(H,17,20,21)(H2,18,19,23). The van der Waals surface area contributed by atoms with E-state index in [9.17, 15) is 9.90 Å². The minimum Gasteiger partial charge on any atom is -0.394 e. The number of aliphatic hydroxyl groups excluding tert-OH is 1. The molecule has 1 aromatic carbocycles. The SMILES string of the molecule is Cc1nc(-c2cccc(NC(=O)NC(CO)CC(C)C)c2)n[nH]1. The smallest absolute Gasteiger partial charge is 0.319 e. The number of aromatic nitrogens is 3.